The topological polar surface area (TPSA) is 50.4 Å². The van der Waals surface area contributed by atoms with Gasteiger partial charge in [0, 0.05) is 10.2 Å². The van der Waals surface area contributed by atoms with Crippen LogP contribution in [0.4, 0.5) is 11.4 Å². The first kappa shape index (κ1) is 15.4. The summed E-state index contributed by atoms with van der Waals surface area (Å²) in [5.41, 5.74) is 2.64. The lowest BCUT2D eigenvalue weighted by Gasteiger charge is -2.12. The summed E-state index contributed by atoms with van der Waals surface area (Å²) in [5.74, 6) is 0.527. The van der Waals surface area contributed by atoms with E-state index < -0.39 is 0 Å². The molecule has 0 bridgehead atoms. The van der Waals surface area contributed by atoms with Gasteiger partial charge in [0.2, 0.25) is 5.91 Å². The average Bonchev–Trinajstić information content (AvgIpc) is 2.47. The molecule has 0 spiro atoms. The van der Waals surface area contributed by atoms with E-state index in [1.165, 1.54) is 0 Å². The van der Waals surface area contributed by atoms with Gasteiger partial charge < -0.3 is 15.4 Å². The largest absolute Gasteiger partial charge is 0.495 e. The van der Waals surface area contributed by atoms with Crippen molar-refractivity contribution in [2.24, 2.45) is 0 Å². The first-order valence-electron chi connectivity index (χ1n) is 6.52. The molecule has 1 amide bonds. The van der Waals surface area contributed by atoms with Crippen molar-refractivity contribution in [3.8, 4) is 5.75 Å². The Kier molecular flexibility index (Phi) is 5.22. The molecule has 2 aromatic rings. The zero-order valence-electron chi connectivity index (χ0n) is 11.9. The summed E-state index contributed by atoms with van der Waals surface area (Å²) < 4.78 is 6.24. The van der Waals surface area contributed by atoms with Crippen molar-refractivity contribution in [2.75, 3.05) is 24.3 Å². The smallest absolute Gasteiger partial charge is 0.243 e. The van der Waals surface area contributed by atoms with Crippen molar-refractivity contribution in [3.63, 3.8) is 0 Å². The average molecular weight is 349 g/mol. The highest BCUT2D eigenvalue weighted by molar-refractivity contribution is 9.10. The number of ether oxygens (including phenoxy) is 1. The number of aryl methyl sites for hydroxylation is 1. The lowest BCUT2D eigenvalue weighted by molar-refractivity contribution is -0.114. The number of nitrogens with one attached hydrogen (secondary N) is 2. The molecule has 2 rings (SSSR count). The van der Waals surface area contributed by atoms with Crippen molar-refractivity contribution < 1.29 is 9.53 Å². The number of benzene rings is 2. The van der Waals surface area contributed by atoms with Crippen LogP contribution in [0.3, 0.4) is 0 Å². The second kappa shape index (κ2) is 7.13. The molecular weight excluding hydrogens is 332 g/mol. The molecule has 0 aliphatic rings. The Balaban J connectivity index is 1.95. The molecule has 110 valence electrons. The Morgan fingerprint density at radius 3 is 2.57 bits per heavy atom. The van der Waals surface area contributed by atoms with Crippen LogP contribution >= 0.6 is 15.9 Å². The SMILES string of the molecule is COc1ccc(C)cc1NC(=O)CNc1ccc(Br)cc1. The van der Waals surface area contributed by atoms with Gasteiger partial charge >= 0.3 is 0 Å². The Bertz CT molecular complexity index is 627. The second-order valence-corrected chi connectivity index (χ2v) is 5.53. The predicted molar refractivity (Wildman–Crippen MR) is 89.0 cm³/mol. The monoisotopic (exact) mass is 348 g/mol. The van der Waals surface area contributed by atoms with E-state index in [0.717, 1.165) is 15.7 Å². The van der Waals surface area contributed by atoms with Crippen molar-refractivity contribution in [2.45, 2.75) is 6.92 Å². The summed E-state index contributed by atoms with van der Waals surface area (Å²) in [5, 5.41) is 5.92. The van der Waals surface area contributed by atoms with Crippen molar-refractivity contribution >= 4 is 33.2 Å². The van der Waals surface area contributed by atoms with E-state index in [0.29, 0.717) is 11.4 Å². The Morgan fingerprint density at radius 1 is 1.19 bits per heavy atom. The van der Waals surface area contributed by atoms with Gasteiger partial charge in [-0.25, -0.2) is 0 Å². The number of amides is 1. The van der Waals surface area contributed by atoms with Crippen LogP contribution in [0.25, 0.3) is 0 Å². The van der Waals surface area contributed by atoms with E-state index in [1.54, 1.807) is 7.11 Å². The van der Waals surface area contributed by atoms with Crippen LogP contribution < -0.4 is 15.4 Å². The highest BCUT2D eigenvalue weighted by atomic mass is 79.9. The van der Waals surface area contributed by atoms with E-state index in [-0.39, 0.29) is 12.5 Å². The van der Waals surface area contributed by atoms with Gasteiger partial charge in [-0.3, -0.25) is 4.79 Å². The predicted octanol–water partition coefficient (Wildman–Crippen LogP) is 3.82. The van der Waals surface area contributed by atoms with Gasteiger partial charge in [-0.15, -0.1) is 0 Å². The summed E-state index contributed by atoms with van der Waals surface area (Å²) in [6.07, 6.45) is 0. The molecule has 2 N–H and O–H groups in total. The maximum Gasteiger partial charge on any atom is 0.243 e. The quantitative estimate of drug-likeness (QED) is 0.863. The van der Waals surface area contributed by atoms with Gasteiger partial charge in [0.05, 0.1) is 19.3 Å². The number of rotatable bonds is 5. The number of hydrogen-bond acceptors (Lipinski definition) is 3. The maximum absolute atomic E-state index is 12.0. The molecule has 0 fully saturated rings. The minimum absolute atomic E-state index is 0.123. The van der Waals surface area contributed by atoms with Crippen LogP contribution in [0.2, 0.25) is 0 Å². The fourth-order valence-electron chi connectivity index (χ4n) is 1.86. The molecule has 0 unspecified atom stereocenters. The molecule has 0 radical (unpaired) electrons. The summed E-state index contributed by atoms with van der Waals surface area (Å²) in [6, 6.07) is 13.3. The number of carbonyl (C=O) groups is 1. The Labute approximate surface area is 132 Å². The standard InChI is InChI=1S/C16H17BrN2O2/c1-11-3-8-15(21-2)14(9-11)19-16(20)10-18-13-6-4-12(17)5-7-13/h3-9,18H,10H2,1-2H3,(H,19,20). The zero-order valence-corrected chi connectivity index (χ0v) is 13.5. The fraction of sp³-hybridized carbons (Fsp3) is 0.188. The number of hydrogen-bond donors (Lipinski definition) is 2. The first-order valence-corrected chi connectivity index (χ1v) is 7.31. The highest BCUT2D eigenvalue weighted by Gasteiger charge is 2.07. The third-order valence-electron chi connectivity index (χ3n) is 2.93. The maximum atomic E-state index is 12.0. The second-order valence-electron chi connectivity index (χ2n) is 4.61. The molecule has 0 atom stereocenters. The number of halogens is 1. The number of carbonyl (C=O) groups excluding carboxylic acids is 1. The van der Waals surface area contributed by atoms with Crippen LogP contribution in [-0.2, 0) is 4.79 Å². The van der Waals surface area contributed by atoms with Crippen LogP contribution in [0.15, 0.2) is 46.9 Å². The van der Waals surface area contributed by atoms with Gasteiger partial charge in [-0.05, 0) is 48.9 Å². The molecule has 5 heteroatoms. The number of anilines is 2. The molecule has 4 nitrogen and oxygen atoms in total. The van der Waals surface area contributed by atoms with E-state index in [1.807, 2.05) is 49.4 Å². The fourth-order valence-corrected chi connectivity index (χ4v) is 2.13. The van der Waals surface area contributed by atoms with Crippen LogP contribution in [-0.4, -0.2) is 19.6 Å². The van der Waals surface area contributed by atoms with E-state index in [2.05, 4.69) is 26.6 Å². The van der Waals surface area contributed by atoms with Crippen molar-refractivity contribution in [1.82, 2.24) is 0 Å². The lowest BCUT2D eigenvalue weighted by atomic mass is 10.2. The minimum Gasteiger partial charge on any atom is -0.495 e. The van der Waals surface area contributed by atoms with Gasteiger partial charge in [0.15, 0.2) is 0 Å². The van der Waals surface area contributed by atoms with Crippen molar-refractivity contribution in [3.05, 3.63) is 52.5 Å². The third-order valence-corrected chi connectivity index (χ3v) is 3.46. The normalized spacial score (nSPS) is 10.0. The summed E-state index contributed by atoms with van der Waals surface area (Å²) in [4.78, 5) is 12.0. The third kappa shape index (κ3) is 4.49. The van der Waals surface area contributed by atoms with Crippen LogP contribution in [0.5, 0.6) is 5.75 Å². The van der Waals surface area contributed by atoms with Gasteiger partial charge in [0.25, 0.3) is 0 Å². The zero-order chi connectivity index (χ0) is 15.2. The molecule has 21 heavy (non-hydrogen) atoms. The molecular formula is C16H17BrN2O2. The van der Waals surface area contributed by atoms with Gasteiger partial charge in [-0.2, -0.15) is 0 Å². The highest BCUT2D eigenvalue weighted by Crippen LogP contribution is 2.25. The molecule has 2 aromatic carbocycles. The summed E-state index contributed by atoms with van der Waals surface area (Å²) in [7, 11) is 1.58. The van der Waals surface area contributed by atoms with E-state index >= 15 is 0 Å². The molecule has 0 saturated heterocycles. The molecule has 0 heterocycles. The van der Waals surface area contributed by atoms with Gasteiger partial charge in [-0.1, -0.05) is 22.0 Å². The first-order chi connectivity index (χ1) is 10.1. The van der Waals surface area contributed by atoms with Gasteiger partial charge in [0.1, 0.15) is 5.75 Å². The van der Waals surface area contributed by atoms with E-state index in [4.69, 9.17) is 4.74 Å². The Morgan fingerprint density at radius 2 is 1.90 bits per heavy atom. The molecule has 0 aliphatic carbocycles. The van der Waals surface area contributed by atoms with Crippen LogP contribution in [0, 0.1) is 6.92 Å². The molecule has 0 saturated carbocycles. The summed E-state index contributed by atoms with van der Waals surface area (Å²) >= 11 is 3.37. The molecule has 0 aliphatic heterocycles. The van der Waals surface area contributed by atoms with E-state index in [9.17, 15) is 4.79 Å². The Hall–Kier alpha value is -2.01. The van der Waals surface area contributed by atoms with Crippen LogP contribution in [0.1, 0.15) is 5.56 Å². The lowest BCUT2D eigenvalue weighted by Crippen LogP contribution is -2.22. The number of methoxy groups -OCH3 is 1. The van der Waals surface area contributed by atoms with Crippen molar-refractivity contribution in [1.29, 1.82) is 0 Å². The summed E-state index contributed by atoms with van der Waals surface area (Å²) in [6.45, 7) is 2.16. The minimum atomic E-state index is -0.123. The molecule has 0 aromatic heterocycles.